The van der Waals surface area contributed by atoms with E-state index in [0.29, 0.717) is 6.61 Å². The largest absolute Gasteiger partial charge is 0.463 e. The van der Waals surface area contributed by atoms with Crippen molar-refractivity contribution in [2.45, 2.75) is 53.9 Å². The second kappa shape index (κ2) is 5.85. The molecule has 0 amide bonds. The van der Waals surface area contributed by atoms with Crippen molar-refractivity contribution in [2.75, 3.05) is 0 Å². The van der Waals surface area contributed by atoms with Crippen molar-refractivity contribution in [1.29, 1.82) is 0 Å². The lowest BCUT2D eigenvalue weighted by molar-refractivity contribution is -0.0954. The smallest absolute Gasteiger partial charge is 0.197 e. The minimum atomic E-state index is -0.157. The van der Waals surface area contributed by atoms with Crippen LogP contribution in [-0.2, 0) is 17.8 Å². The second-order valence-electron chi connectivity index (χ2n) is 3.53. The molecule has 0 aromatic carbocycles. The van der Waals surface area contributed by atoms with Gasteiger partial charge in [0.1, 0.15) is 5.75 Å². The summed E-state index contributed by atoms with van der Waals surface area (Å²) in [5.41, 5.74) is 3.34. The van der Waals surface area contributed by atoms with Crippen LogP contribution in [0.1, 0.15) is 44.5 Å². The molecule has 2 heterocycles. The highest BCUT2D eigenvalue weighted by Crippen LogP contribution is 2.31. The highest BCUT2D eigenvalue weighted by Gasteiger charge is 2.21. The van der Waals surface area contributed by atoms with E-state index < -0.39 is 0 Å². The number of pyridine rings is 1. The number of hydrogen-bond donors (Lipinski definition) is 0. The summed E-state index contributed by atoms with van der Waals surface area (Å²) in [6.07, 6.45) is 2.73. The fourth-order valence-corrected chi connectivity index (χ4v) is 1.70. The topological polar surface area (TPSA) is 31.4 Å². The average Bonchev–Trinajstić information content (AvgIpc) is 2.33. The standard InChI is InChI=1S/C11H15NO2.C2H6/c1-4-9-5-12-7(2)11-10(9)6-13-8(3)14-11;1-2/h5,8H,4,6H2,1-3H3;1-2H3. The summed E-state index contributed by atoms with van der Waals surface area (Å²) in [5, 5.41) is 0. The molecule has 1 aliphatic rings. The van der Waals surface area contributed by atoms with Gasteiger partial charge in [-0.25, -0.2) is 0 Å². The van der Waals surface area contributed by atoms with Gasteiger partial charge < -0.3 is 9.47 Å². The first-order chi connectivity index (χ1) is 7.72. The zero-order chi connectivity index (χ0) is 12.1. The van der Waals surface area contributed by atoms with Crippen LogP contribution in [0.2, 0.25) is 0 Å². The first kappa shape index (κ1) is 13.0. The van der Waals surface area contributed by atoms with E-state index in [1.54, 1.807) is 0 Å². The molecule has 1 unspecified atom stereocenters. The van der Waals surface area contributed by atoms with Gasteiger partial charge in [0.2, 0.25) is 0 Å². The SMILES string of the molecule is CC.CCc1cnc(C)c2c1COC(C)O2. The van der Waals surface area contributed by atoms with Gasteiger partial charge in [0, 0.05) is 11.8 Å². The van der Waals surface area contributed by atoms with Crippen molar-refractivity contribution >= 4 is 0 Å². The van der Waals surface area contributed by atoms with E-state index in [0.717, 1.165) is 23.4 Å². The Morgan fingerprint density at radius 2 is 2.12 bits per heavy atom. The van der Waals surface area contributed by atoms with Gasteiger partial charge in [-0.05, 0) is 25.8 Å². The number of nitrogens with zero attached hydrogens (tertiary/aromatic N) is 1. The molecule has 90 valence electrons. The van der Waals surface area contributed by atoms with Gasteiger partial charge in [0.25, 0.3) is 0 Å². The Morgan fingerprint density at radius 1 is 1.44 bits per heavy atom. The van der Waals surface area contributed by atoms with Crippen molar-refractivity contribution < 1.29 is 9.47 Å². The summed E-state index contributed by atoms with van der Waals surface area (Å²) in [6, 6.07) is 0. The number of ether oxygens (including phenoxy) is 2. The fourth-order valence-electron chi connectivity index (χ4n) is 1.70. The molecule has 2 rings (SSSR count). The van der Waals surface area contributed by atoms with E-state index in [2.05, 4.69) is 11.9 Å². The number of hydrogen-bond acceptors (Lipinski definition) is 3. The van der Waals surface area contributed by atoms with Crippen molar-refractivity contribution in [3.63, 3.8) is 0 Å². The lowest BCUT2D eigenvalue weighted by Crippen LogP contribution is -2.23. The van der Waals surface area contributed by atoms with Crippen LogP contribution in [0.15, 0.2) is 6.20 Å². The zero-order valence-corrected chi connectivity index (χ0v) is 10.8. The molecule has 0 aliphatic carbocycles. The van der Waals surface area contributed by atoms with E-state index in [1.807, 2.05) is 33.9 Å². The summed E-state index contributed by atoms with van der Waals surface area (Å²) < 4.78 is 11.1. The van der Waals surface area contributed by atoms with Gasteiger partial charge in [-0.2, -0.15) is 0 Å². The molecule has 0 spiro atoms. The summed E-state index contributed by atoms with van der Waals surface area (Å²) in [5.74, 6) is 0.920. The molecule has 16 heavy (non-hydrogen) atoms. The highest BCUT2D eigenvalue weighted by atomic mass is 16.7. The van der Waals surface area contributed by atoms with E-state index >= 15 is 0 Å². The van der Waals surface area contributed by atoms with Gasteiger partial charge >= 0.3 is 0 Å². The lowest BCUT2D eigenvalue weighted by atomic mass is 10.1. The van der Waals surface area contributed by atoms with Crippen LogP contribution in [0.3, 0.4) is 0 Å². The first-order valence-corrected chi connectivity index (χ1v) is 5.98. The fraction of sp³-hybridized carbons (Fsp3) is 0.615. The van der Waals surface area contributed by atoms with Gasteiger partial charge in [-0.1, -0.05) is 20.8 Å². The number of rotatable bonds is 1. The molecule has 1 aromatic rings. The molecule has 0 saturated carbocycles. The average molecular weight is 223 g/mol. The summed E-state index contributed by atoms with van der Waals surface area (Å²) in [6.45, 7) is 10.6. The Kier molecular flexibility index (Phi) is 4.74. The highest BCUT2D eigenvalue weighted by molar-refractivity contribution is 5.42. The second-order valence-corrected chi connectivity index (χ2v) is 3.53. The van der Waals surface area contributed by atoms with Gasteiger partial charge in [0.05, 0.1) is 12.3 Å². The van der Waals surface area contributed by atoms with Gasteiger partial charge in [-0.15, -0.1) is 0 Å². The number of aromatic nitrogens is 1. The summed E-state index contributed by atoms with van der Waals surface area (Å²) in [7, 11) is 0. The first-order valence-electron chi connectivity index (χ1n) is 5.98. The van der Waals surface area contributed by atoms with E-state index in [9.17, 15) is 0 Å². The van der Waals surface area contributed by atoms with Gasteiger partial charge in [-0.3, -0.25) is 4.98 Å². The molecular formula is C13H21NO2. The molecule has 3 nitrogen and oxygen atoms in total. The minimum absolute atomic E-state index is 0.157. The lowest BCUT2D eigenvalue weighted by Gasteiger charge is -2.26. The molecular weight excluding hydrogens is 202 g/mol. The molecule has 0 radical (unpaired) electrons. The van der Waals surface area contributed by atoms with Crippen molar-refractivity contribution in [3.05, 3.63) is 23.0 Å². The molecule has 1 aliphatic heterocycles. The molecule has 0 fully saturated rings. The Morgan fingerprint density at radius 3 is 2.75 bits per heavy atom. The Balaban J connectivity index is 0.000000606. The molecule has 0 saturated heterocycles. The van der Waals surface area contributed by atoms with Crippen LogP contribution < -0.4 is 4.74 Å². The monoisotopic (exact) mass is 223 g/mol. The Hall–Kier alpha value is -1.09. The van der Waals surface area contributed by atoms with Crippen molar-refractivity contribution in [3.8, 4) is 5.75 Å². The maximum atomic E-state index is 5.62. The predicted molar refractivity (Wildman–Crippen MR) is 64.6 cm³/mol. The molecule has 1 atom stereocenters. The van der Waals surface area contributed by atoms with Crippen LogP contribution in [0, 0.1) is 6.92 Å². The zero-order valence-electron chi connectivity index (χ0n) is 10.8. The van der Waals surface area contributed by atoms with Crippen LogP contribution in [-0.4, -0.2) is 11.3 Å². The molecule has 0 N–H and O–H groups in total. The van der Waals surface area contributed by atoms with Crippen molar-refractivity contribution in [1.82, 2.24) is 4.98 Å². The Bertz CT molecular complexity index is 350. The maximum Gasteiger partial charge on any atom is 0.197 e. The third kappa shape index (κ3) is 2.53. The molecule has 0 bridgehead atoms. The van der Waals surface area contributed by atoms with Crippen molar-refractivity contribution in [2.24, 2.45) is 0 Å². The van der Waals surface area contributed by atoms with E-state index in [1.165, 1.54) is 5.56 Å². The minimum Gasteiger partial charge on any atom is -0.463 e. The van der Waals surface area contributed by atoms with Crippen LogP contribution in [0.25, 0.3) is 0 Å². The third-order valence-electron chi connectivity index (χ3n) is 2.53. The normalized spacial score (nSPS) is 17.9. The van der Waals surface area contributed by atoms with E-state index in [-0.39, 0.29) is 6.29 Å². The summed E-state index contributed by atoms with van der Waals surface area (Å²) in [4.78, 5) is 4.32. The number of fused-ring (bicyclic) bond motifs is 1. The van der Waals surface area contributed by atoms with Crippen LogP contribution >= 0.6 is 0 Å². The number of aryl methyl sites for hydroxylation is 2. The van der Waals surface area contributed by atoms with Crippen LogP contribution in [0.4, 0.5) is 0 Å². The molecule has 1 aromatic heterocycles. The molecule has 3 heteroatoms. The quantitative estimate of drug-likeness (QED) is 0.732. The Labute approximate surface area is 97.8 Å². The third-order valence-corrected chi connectivity index (χ3v) is 2.53. The van der Waals surface area contributed by atoms with E-state index in [4.69, 9.17) is 9.47 Å². The maximum absolute atomic E-state index is 5.62. The summed E-state index contributed by atoms with van der Waals surface area (Å²) >= 11 is 0. The predicted octanol–water partition coefficient (Wildman–Crippen LogP) is 3.23. The van der Waals surface area contributed by atoms with Gasteiger partial charge in [0.15, 0.2) is 6.29 Å². The van der Waals surface area contributed by atoms with Crippen LogP contribution in [0.5, 0.6) is 5.75 Å².